The van der Waals surface area contributed by atoms with Gasteiger partial charge in [-0.1, -0.05) is 20.8 Å². The van der Waals surface area contributed by atoms with Crippen LogP contribution in [0.3, 0.4) is 0 Å². The molecule has 0 bridgehead atoms. The number of hydrogen-bond donors (Lipinski definition) is 0. The first-order valence-electron chi connectivity index (χ1n) is 6.55. The van der Waals surface area contributed by atoms with E-state index >= 15 is 0 Å². The van der Waals surface area contributed by atoms with Crippen molar-refractivity contribution in [2.24, 2.45) is 7.05 Å². The number of imidazole rings is 1. The molecule has 2 heterocycles. The van der Waals surface area contributed by atoms with Gasteiger partial charge < -0.3 is 9.13 Å². The Morgan fingerprint density at radius 2 is 1.63 bits per heavy atom. The first-order valence-corrected chi connectivity index (χ1v) is 6.55. The average Bonchev–Trinajstić information content (AvgIpc) is 2.79. The van der Waals surface area contributed by atoms with Gasteiger partial charge in [-0.15, -0.1) is 10.2 Å². The smallest absolute Gasteiger partial charge is 0.184 e. The van der Waals surface area contributed by atoms with E-state index in [1.54, 1.807) is 6.33 Å². The molecule has 0 aliphatic carbocycles. The fourth-order valence-electron chi connectivity index (χ4n) is 2.10. The maximum Gasteiger partial charge on any atom is 0.184 e. The SMILES string of the molecule is Cn1cnc(-c2nnc(C(C)(C)C)n2C(C)(C)C)c1. The molecule has 0 amide bonds. The maximum atomic E-state index is 4.40. The third kappa shape index (κ3) is 2.55. The van der Waals surface area contributed by atoms with Gasteiger partial charge in [0.1, 0.15) is 11.5 Å². The lowest BCUT2D eigenvalue weighted by molar-refractivity contribution is 0.357. The van der Waals surface area contributed by atoms with Gasteiger partial charge in [0.05, 0.1) is 6.33 Å². The van der Waals surface area contributed by atoms with Crippen LogP contribution >= 0.6 is 0 Å². The Kier molecular flexibility index (Phi) is 3.03. The first kappa shape index (κ1) is 13.8. The number of hydrogen-bond acceptors (Lipinski definition) is 3. The van der Waals surface area contributed by atoms with Crippen molar-refractivity contribution in [3.63, 3.8) is 0 Å². The van der Waals surface area contributed by atoms with Crippen LogP contribution in [0.1, 0.15) is 47.4 Å². The molecule has 0 unspecified atom stereocenters. The third-order valence-corrected chi connectivity index (χ3v) is 2.94. The van der Waals surface area contributed by atoms with Gasteiger partial charge in [0.15, 0.2) is 5.82 Å². The fourth-order valence-corrected chi connectivity index (χ4v) is 2.10. The van der Waals surface area contributed by atoms with Crippen LogP contribution in [0.5, 0.6) is 0 Å². The Bertz CT molecular complexity index is 578. The van der Waals surface area contributed by atoms with E-state index in [9.17, 15) is 0 Å². The normalized spacial score (nSPS) is 13.0. The van der Waals surface area contributed by atoms with Crippen LogP contribution in [0, 0.1) is 0 Å². The molecule has 0 atom stereocenters. The zero-order valence-electron chi connectivity index (χ0n) is 12.9. The van der Waals surface area contributed by atoms with Crippen LogP contribution in [0.25, 0.3) is 11.5 Å². The van der Waals surface area contributed by atoms with Gasteiger partial charge in [0.2, 0.25) is 0 Å². The highest BCUT2D eigenvalue weighted by Crippen LogP contribution is 2.30. The molecular weight excluding hydrogens is 238 g/mol. The van der Waals surface area contributed by atoms with Crippen LogP contribution in [0.4, 0.5) is 0 Å². The quantitative estimate of drug-likeness (QED) is 0.793. The average molecular weight is 261 g/mol. The molecule has 0 saturated heterocycles. The lowest BCUT2D eigenvalue weighted by Crippen LogP contribution is -2.30. The number of rotatable bonds is 1. The van der Waals surface area contributed by atoms with Crippen LogP contribution in [0.15, 0.2) is 12.5 Å². The molecule has 0 N–H and O–H groups in total. The molecule has 2 aromatic heterocycles. The van der Waals surface area contributed by atoms with Crippen molar-refractivity contribution in [3.8, 4) is 11.5 Å². The van der Waals surface area contributed by atoms with Crippen LogP contribution in [0.2, 0.25) is 0 Å². The summed E-state index contributed by atoms with van der Waals surface area (Å²) in [6.07, 6.45) is 3.76. The summed E-state index contributed by atoms with van der Waals surface area (Å²) in [6, 6.07) is 0. The van der Waals surface area contributed by atoms with Crippen molar-refractivity contribution in [3.05, 3.63) is 18.3 Å². The topological polar surface area (TPSA) is 48.5 Å². The summed E-state index contributed by atoms with van der Waals surface area (Å²) in [5, 5.41) is 8.77. The van der Waals surface area contributed by atoms with Gasteiger partial charge in [-0.05, 0) is 20.8 Å². The minimum Gasteiger partial charge on any atom is -0.340 e. The number of nitrogens with zero attached hydrogens (tertiary/aromatic N) is 5. The summed E-state index contributed by atoms with van der Waals surface area (Å²) in [5.74, 6) is 1.82. The molecule has 0 aliphatic rings. The molecule has 0 aliphatic heterocycles. The summed E-state index contributed by atoms with van der Waals surface area (Å²) >= 11 is 0. The van der Waals surface area contributed by atoms with Crippen molar-refractivity contribution in [2.75, 3.05) is 0 Å². The monoisotopic (exact) mass is 261 g/mol. The highest BCUT2D eigenvalue weighted by Gasteiger charge is 2.30. The van der Waals surface area contributed by atoms with Gasteiger partial charge in [-0.25, -0.2) is 4.98 Å². The third-order valence-electron chi connectivity index (χ3n) is 2.94. The van der Waals surface area contributed by atoms with E-state index in [1.165, 1.54) is 0 Å². The lowest BCUT2D eigenvalue weighted by atomic mass is 9.94. The minimum absolute atomic E-state index is 0.0483. The minimum atomic E-state index is -0.0844. The van der Waals surface area contributed by atoms with E-state index in [-0.39, 0.29) is 11.0 Å². The first-order chi connectivity index (χ1) is 8.60. The zero-order valence-corrected chi connectivity index (χ0v) is 12.9. The summed E-state index contributed by atoms with van der Waals surface area (Å²) in [7, 11) is 1.96. The molecule has 0 spiro atoms. The van der Waals surface area contributed by atoms with E-state index in [2.05, 4.69) is 61.3 Å². The molecule has 5 nitrogen and oxygen atoms in total. The number of aryl methyl sites for hydroxylation is 1. The summed E-state index contributed by atoms with van der Waals surface area (Å²) in [4.78, 5) is 4.40. The van der Waals surface area contributed by atoms with E-state index < -0.39 is 0 Å². The van der Waals surface area contributed by atoms with E-state index in [4.69, 9.17) is 0 Å². The van der Waals surface area contributed by atoms with E-state index in [1.807, 2.05) is 17.8 Å². The predicted octanol–water partition coefficient (Wildman–Crippen LogP) is 2.73. The molecule has 0 saturated carbocycles. The zero-order chi connectivity index (χ0) is 14.4. The molecule has 0 aromatic carbocycles. The molecular formula is C14H23N5. The lowest BCUT2D eigenvalue weighted by Gasteiger charge is -2.29. The van der Waals surface area contributed by atoms with Gasteiger partial charge in [0, 0.05) is 24.2 Å². The summed E-state index contributed by atoms with van der Waals surface area (Å²) in [5.41, 5.74) is 0.729. The standard InChI is InChI=1S/C14H23N5/c1-13(2,3)12-17-16-11(19(12)14(4,5)6)10-8-18(7)9-15-10/h8-9H,1-7H3. The van der Waals surface area contributed by atoms with Crippen molar-refractivity contribution < 1.29 is 0 Å². The largest absolute Gasteiger partial charge is 0.340 e. The predicted molar refractivity (Wildman–Crippen MR) is 75.9 cm³/mol. The molecule has 2 aromatic rings. The van der Waals surface area contributed by atoms with Crippen LogP contribution < -0.4 is 0 Å². The van der Waals surface area contributed by atoms with E-state index in [0.717, 1.165) is 17.3 Å². The van der Waals surface area contributed by atoms with Crippen molar-refractivity contribution in [1.29, 1.82) is 0 Å². The van der Waals surface area contributed by atoms with Gasteiger partial charge in [0.25, 0.3) is 0 Å². The maximum absolute atomic E-state index is 4.40. The molecule has 0 radical (unpaired) electrons. The Hall–Kier alpha value is -1.65. The Morgan fingerprint density at radius 1 is 1.00 bits per heavy atom. The Labute approximate surface area is 114 Å². The second-order valence-electron chi connectivity index (χ2n) is 7.03. The van der Waals surface area contributed by atoms with Crippen molar-refractivity contribution in [1.82, 2.24) is 24.3 Å². The van der Waals surface area contributed by atoms with Crippen molar-refractivity contribution in [2.45, 2.75) is 52.5 Å². The highest BCUT2D eigenvalue weighted by molar-refractivity contribution is 5.49. The Balaban J connectivity index is 2.67. The van der Waals surface area contributed by atoms with Gasteiger partial charge in [-0.3, -0.25) is 0 Å². The molecule has 0 fully saturated rings. The van der Waals surface area contributed by atoms with Gasteiger partial charge in [-0.2, -0.15) is 0 Å². The molecule has 104 valence electrons. The summed E-state index contributed by atoms with van der Waals surface area (Å²) < 4.78 is 4.11. The number of aromatic nitrogens is 5. The van der Waals surface area contributed by atoms with Crippen molar-refractivity contribution >= 4 is 0 Å². The summed E-state index contributed by atoms with van der Waals surface area (Å²) in [6.45, 7) is 13.0. The molecule has 2 rings (SSSR count). The second kappa shape index (κ2) is 4.18. The van der Waals surface area contributed by atoms with Gasteiger partial charge >= 0.3 is 0 Å². The van der Waals surface area contributed by atoms with E-state index in [0.29, 0.717) is 0 Å². The fraction of sp³-hybridized carbons (Fsp3) is 0.643. The molecule has 19 heavy (non-hydrogen) atoms. The highest BCUT2D eigenvalue weighted by atomic mass is 15.3. The second-order valence-corrected chi connectivity index (χ2v) is 7.03. The van der Waals surface area contributed by atoms with Crippen LogP contribution in [-0.2, 0) is 18.0 Å². The molecule has 5 heteroatoms. The van der Waals surface area contributed by atoms with Crippen LogP contribution in [-0.4, -0.2) is 24.3 Å². The Morgan fingerprint density at radius 3 is 2.05 bits per heavy atom.